The van der Waals surface area contributed by atoms with Crippen molar-refractivity contribution >= 4 is 34.9 Å². The lowest BCUT2D eigenvalue weighted by molar-refractivity contribution is -0.189. The lowest BCUT2D eigenvalue weighted by Gasteiger charge is -2.22. The molecule has 3 rings (SSSR count). The number of nitrogens with zero attached hydrogens (tertiary/aromatic N) is 1. The molecule has 34 heavy (non-hydrogen) atoms. The molecule has 0 radical (unpaired) electrons. The fourth-order valence-corrected chi connectivity index (χ4v) is 3.31. The Bertz CT molecular complexity index is 1080. The van der Waals surface area contributed by atoms with Crippen molar-refractivity contribution in [2.45, 2.75) is 31.7 Å². The van der Waals surface area contributed by atoms with E-state index in [9.17, 15) is 36.6 Å². The standard InChI is InChI=1S/C21H19ClF5N3O4/c1-10(21(25,26)27)34-17-8-16(28-20(33)30-6-5-11(31)9-30)15(24)7-12(17)19(32)29-18-13(22)3-2-4-14(18)23/h2-4,7-8,10-11,31H,5-6,9H2,1H3,(H,28,33)(H,29,32)/t10-,11?/m0/s1. The van der Waals surface area contributed by atoms with Crippen molar-refractivity contribution in [3.05, 3.63) is 52.6 Å². The number of anilines is 2. The summed E-state index contributed by atoms with van der Waals surface area (Å²) < 4.78 is 72.9. The van der Waals surface area contributed by atoms with Gasteiger partial charge in [-0.05, 0) is 31.5 Å². The number of carbonyl (C=O) groups excluding carboxylic acids is 2. The monoisotopic (exact) mass is 507 g/mol. The van der Waals surface area contributed by atoms with Crippen LogP contribution in [-0.2, 0) is 0 Å². The molecule has 2 atom stereocenters. The predicted octanol–water partition coefficient (Wildman–Crippen LogP) is 4.80. The second-order valence-electron chi connectivity index (χ2n) is 7.50. The Labute approximate surface area is 195 Å². The zero-order valence-electron chi connectivity index (χ0n) is 17.5. The maximum Gasteiger partial charge on any atom is 0.425 e. The number of alkyl halides is 3. The Morgan fingerprint density at radius 3 is 2.50 bits per heavy atom. The molecule has 1 aliphatic rings. The van der Waals surface area contributed by atoms with Gasteiger partial charge < -0.3 is 25.4 Å². The summed E-state index contributed by atoms with van der Waals surface area (Å²) in [4.78, 5) is 26.2. The van der Waals surface area contributed by atoms with Crippen LogP contribution in [0.5, 0.6) is 5.75 Å². The van der Waals surface area contributed by atoms with Crippen molar-refractivity contribution in [3.8, 4) is 5.75 Å². The number of benzene rings is 2. The van der Waals surface area contributed by atoms with E-state index in [0.29, 0.717) is 19.4 Å². The van der Waals surface area contributed by atoms with E-state index < -0.39 is 64.6 Å². The Kier molecular flexibility index (Phi) is 7.51. The van der Waals surface area contributed by atoms with Gasteiger partial charge in [0.2, 0.25) is 0 Å². The van der Waals surface area contributed by atoms with Crippen LogP contribution >= 0.6 is 11.6 Å². The highest BCUT2D eigenvalue weighted by Crippen LogP contribution is 2.33. The number of urea groups is 1. The predicted molar refractivity (Wildman–Crippen MR) is 113 cm³/mol. The molecular weight excluding hydrogens is 489 g/mol. The Morgan fingerprint density at radius 2 is 1.91 bits per heavy atom. The number of amides is 3. The number of ether oxygens (including phenoxy) is 1. The third-order valence-corrected chi connectivity index (χ3v) is 5.29. The van der Waals surface area contributed by atoms with Crippen LogP contribution in [0, 0.1) is 11.6 Å². The second-order valence-corrected chi connectivity index (χ2v) is 7.91. The van der Waals surface area contributed by atoms with E-state index in [-0.39, 0.29) is 18.1 Å². The molecule has 3 N–H and O–H groups in total. The number of carbonyl (C=O) groups is 2. The zero-order valence-corrected chi connectivity index (χ0v) is 18.3. The topological polar surface area (TPSA) is 90.9 Å². The molecule has 13 heteroatoms. The molecular formula is C21H19ClF5N3O4. The molecule has 1 unspecified atom stereocenters. The van der Waals surface area contributed by atoms with Gasteiger partial charge in [-0.15, -0.1) is 0 Å². The highest BCUT2D eigenvalue weighted by molar-refractivity contribution is 6.34. The van der Waals surface area contributed by atoms with E-state index in [1.54, 1.807) is 0 Å². The van der Waals surface area contributed by atoms with Gasteiger partial charge in [0.15, 0.2) is 6.10 Å². The summed E-state index contributed by atoms with van der Waals surface area (Å²) in [6.45, 7) is 0.849. The molecule has 1 heterocycles. The van der Waals surface area contributed by atoms with Crippen LogP contribution in [0.15, 0.2) is 30.3 Å². The van der Waals surface area contributed by atoms with Gasteiger partial charge in [-0.2, -0.15) is 13.2 Å². The molecule has 0 aliphatic carbocycles. The molecule has 0 spiro atoms. The molecule has 0 aromatic heterocycles. The van der Waals surface area contributed by atoms with Crippen molar-refractivity contribution in [1.29, 1.82) is 0 Å². The van der Waals surface area contributed by atoms with E-state index in [2.05, 4.69) is 10.6 Å². The quantitative estimate of drug-likeness (QED) is 0.507. The minimum Gasteiger partial charge on any atom is -0.480 e. The maximum atomic E-state index is 14.7. The lowest BCUT2D eigenvalue weighted by Crippen LogP contribution is -2.34. The fourth-order valence-electron chi connectivity index (χ4n) is 3.10. The SMILES string of the molecule is C[C@H](Oc1cc(NC(=O)N2CCC(O)C2)c(F)cc1C(=O)Nc1c(F)cccc1Cl)C(F)(F)F. The molecule has 7 nitrogen and oxygen atoms in total. The number of nitrogens with one attached hydrogen (secondary N) is 2. The van der Waals surface area contributed by atoms with Crippen LogP contribution in [0.25, 0.3) is 0 Å². The Hall–Kier alpha value is -3.12. The number of para-hydroxylation sites is 1. The van der Waals surface area contributed by atoms with Gasteiger partial charge in [0.1, 0.15) is 17.4 Å². The first-order chi connectivity index (χ1) is 15.9. The Balaban J connectivity index is 1.94. The summed E-state index contributed by atoms with van der Waals surface area (Å²) in [7, 11) is 0. The van der Waals surface area contributed by atoms with Crippen LogP contribution in [0.1, 0.15) is 23.7 Å². The summed E-state index contributed by atoms with van der Waals surface area (Å²) in [6.07, 6.45) is -7.67. The third-order valence-electron chi connectivity index (χ3n) is 4.97. The van der Waals surface area contributed by atoms with E-state index >= 15 is 0 Å². The largest absolute Gasteiger partial charge is 0.480 e. The second kappa shape index (κ2) is 10.0. The molecule has 2 aromatic rings. The van der Waals surface area contributed by atoms with Crippen molar-refractivity contribution in [2.75, 3.05) is 23.7 Å². The van der Waals surface area contributed by atoms with Gasteiger partial charge in [0, 0.05) is 19.2 Å². The maximum absolute atomic E-state index is 14.7. The normalized spacial score (nSPS) is 16.8. The van der Waals surface area contributed by atoms with Gasteiger partial charge in [-0.25, -0.2) is 13.6 Å². The number of rotatable bonds is 5. The number of halogens is 6. The number of likely N-dealkylation sites (tertiary alicyclic amines) is 1. The number of aliphatic hydroxyl groups excluding tert-OH is 1. The number of hydrogen-bond acceptors (Lipinski definition) is 4. The number of β-amino-alcohol motifs (C(OH)–C–C–N with tert-alkyl or cyclic N) is 1. The summed E-state index contributed by atoms with van der Waals surface area (Å²) in [5, 5.41) is 13.6. The van der Waals surface area contributed by atoms with Crippen LogP contribution in [-0.4, -0.2) is 53.4 Å². The third kappa shape index (κ3) is 5.86. The van der Waals surface area contributed by atoms with Crippen LogP contribution in [0.2, 0.25) is 5.02 Å². The minimum absolute atomic E-state index is 0.00813. The number of aliphatic hydroxyl groups is 1. The molecule has 1 fully saturated rings. The van der Waals surface area contributed by atoms with Gasteiger partial charge in [-0.1, -0.05) is 17.7 Å². The zero-order chi connectivity index (χ0) is 25.2. The van der Waals surface area contributed by atoms with Crippen LogP contribution in [0.3, 0.4) is 0 Å². The minimum atomic E-state index is -4.83. The Morgan fingerprint density at radius 1 is 1.21 bits per heavy atom. The molecule has 1 aliphatic heterocycles. The van der Waals surface area contributed by atoms with Gasteiger partial charge in [0.25, 0.3) is 5.91 Å². The van der Waals surface area contributed by atoms with Gasteiger partial charge >= 0.3 is 12.2 Å². The molecule has 2 aromatic carbocycles. The highest BCUT2D eigenvalue weighted by Gasteiger charge is 2.39. The summed E-state index contributed by atoms with van der Waals surface area (Å²) in [5.74, 6) is -4.00. The van der Waals surface area contributed by atoms with Crippen molar-refractivity contribution < 1.29 is 41.4 Å². The van der Waals surface area contributed by atoms with E-state index in [1.807, 2.05) is 0 Å². The lowest BCUT2D eigenvalue weighted by atomic mass is 10.1. The van der Waals surface area contributed by atoms with Crippen molar-refractivity contribution in [1.82, 2.24) is 4.90 Å². The van der Waals surface area contributed by atoms with Gasteiger partial charge in [0.05, 0.1) is 28.1 Å². The molecule has 184 valence electrons. The molecule has 0 saturated carbocycles. The first-order valence-electron chi connectivity index (χ1n) is 9.93. The first kappa shape index (κ1) is 25.5. The average molecular weight is 508 g/mol. The fraction of sp³-hybridized carbons (Fsp3) is 0.333. The summed E-state index contributed by atoms with van der Waals surface area (Å²) in [5.41, 5.74) is -1.71. The first-order valence-corrected chi connectivity index (χ1v) is 10.3. The van der Waals surface area contributed by atoms with Crippen molar-refractivity contribution in [3.63, 3.8) is 0 Å². The van der Waals surface area contributed by atoms with Gasteiger partial charge in [-0.3, -0.25) is 4.79 Å². The summed E-state index contributed by atoms with van der Waals surface area (Å²) in [6, 6.07) is 3.98. The van der Waals surface area contributed by atoms with Crippen LogP contribution < -0.4 is 15.4 Å². The smallest absolute Gasteiger partial charge is 0.425 e. The van der Waals surface area contributed by atoms with Crippen LogP contribution in [0.4, 0.5) is 38.1 Å². The van der Waals surface area contributed by atoms with Crippen molar-refractivity contribution in [2.24, 2.45) is 0 Å². The van der Waals surface area contributed by atoms with E-state index in [0.717, 1.165) is 12.1 Å². The van der Waals surface area contributed by atoms with E-state index in [1.165, 1.54) is 17.0 Å². The highest BCUT2D eigenvalue weighted by atomic mass is 35.5. The molecule has 1 saturated heterocycles. The molecule has 3 amide bonds. The molecule has 0 bridgehead atoms. The average Bonchev–Trinajstić information content (AvgIpc) is 3.18. The summed E-state index contributed by atoms with van der Waals surface area (Å²) >= 11 is 5.85. The van der Waals surface area contributed by atoms with E-state index in [4.69, 9.17) is 16.3 Å². The number of hydrogen-bond donors (Lipinski definition) is 3.